The van der Waals surface area contributed by atoms with E-state index in [0.717, 1.165) is 5.82 Å². The van der Waals surface area contributed by atoms with Crippen molar-refractivity contribution < 1.29 is 22.3 Å². The molecule has 1 heterocycles. The first-order chi connectivity index (χ1) is 13.8. The number of nitrogens with zero attached hydrogens (tertiary/aromatic N) is 2. The number of benzene rings is 2. The summed E-state index contributed by atoms with van der Waals surface area (Å²) in [5.41, 5.74) is 1.75. The second-order valence-electron chi connectivity index (χ2n) is 6.56. The molecule has 1 N–H and O–H groups in total. The second-order valence-corrected chi connectivity index (χ2v) is 8.67. The average molecular weight is 419 g/mol. The normalized spacial score (nSPS) is 11.7. The maximum absolute atomic E-state index is 13.4. The van der Waals surface area contributed by atoms with Gasteiger partial charge in [-0.3, -0.25) is 4.79 Å². The number of aromatic nitrogens is 2. The number of imidazole rings is 1. The first-order valence-corrected chi connectivity index (χ1v) is 10.7. The van der Waals surface area contributed by atoms with Gasteiger partial charge in [0, 0.05) is 32.7 Å². The van der Waals surface area contributed by atoms with E-state index < -0.39 is 9.84 Å². The Kier molecular flexibility index (Phi) is 6.29. The van der Waals surface area contributed by atoms with Gasteiger partial charge >= 0.3 is 0 Å². The third-order valence-electron chi connectivity index (χ3n) is 4.60. The molecule has 0 spiro atoms. The maximum atomic E-state index is 13.4. The van der Waals surface area contributed by atoms with Gasteiger partial charge in [-0.05, 0) is 42.5 Å². The Hall–Kier alpha value is -2.78. The lowest BCUT2D eigenvalue weighted by molar-refractivity contribution is 0.0954. The highest BCUT2D eigenvalue weighted by molar-refractivity contribution is 7.91. The van der Waals surface area contributed by atoms with Crippen molar-refractivity contribution >= 4 is 26.8 Å². The number of halogens is 1. The highest BCUT2D eigenvalue weighted by Gasteiger charge is 2.15. The van der Waals surface area contributed by atoms with Crippen LogP contribution in [-0.4, -0.2) is 49.9 Å². The van der Waals surface area contributed by atoms with Crippen molar-refractivity contribution in [3.63, 3.8) is 0 Å². The van der Waals surface area contributed by atoms with Gasteiger partial charge in [-0.2, -0.15) is 0 Å². The Morgan fingerprint density at radius 3 is 2.62 bits per heavy atom. The van der Waals surface area contributed by atoms with E-state index >= 15 is 0 Å². The molecular weight excluding hydrogens is 397 g/mol. The van der Waals surface area contributed by atoms with Crippen LogP contribution in [0.1, 0.15) is 16.2 Å². The van der Waals surface area contributed by atoms with E-state index in [2.05, 4.69) is 10.3 Å². The smallest absolute Gasteiger partial charge is 0.251 e. The van der Waals surface area contributed by atoms with Gasteiger partial charge < -0.3 is 14.6 Å². The summed E-state index contributed by atoms with van der Waals surface area (Å²) in [6.07, 6.45) is 0.474. The molecule has 0 bridgehead atoms. The van der Waals surface area contributed by atoms with E-state index in [1.165, 1.54) is 43.5 Å². The topological polar surface area (TPSA) is 90.3 Å². The van der Waals surface area contributed by atoms with Crippen LogP contribution in [0.3, 0.4) is 0 Å². The van der Waals surface area contributed by atoms with Crippen LogP contribution < -0.4 is 5.32 Å². The fraction of sp³-hybridized carbons (Fsp3) is 0.300. The quantitative estimate of drug-likeness (QED) is 0.604. The van der Waals surface area contributed by atoms with Crippen LogP contribution in [-0.2, 0) is 28.0 Å². The van der Waals surface area contributed by atoms with E-state index in [4.69, 9.17) is 4.74 Å². The first-order valence-electron chi connectivity index (χ1n) is 9.02. The Bertz CT molecular complexity index is 1120. The van der Waals surface area contributed by atoms with E-state index in [-0.39, 0.29) is 29.0 Å². The number of methoxy groups -OCH3 is 1. The molecule has 0 aliphatic heterocycles. The van der Waals surface area contributed by atoms with Crippen molar-refractivity contribution in [2.24, 2.45) is 7.05 Å². The summed E-state index contributed by atoms with van der Waals surface area (Å²) in [5.74, 6) is -0.0223. The average Bonchev–Trinajstić information content (AvgIpc) is 3.02. The fourth-order valence-electron chi connectivity index (χ4n) is 2.95. The monoisotopic (exact) mass is 419 g/mol. The van der Waals surface area contributed by atoms with Crippen LogP contribution in [0, 0.1) is 5.82 Å². The van der Waals surface area contributed by atoms with Gasteiger partial charge in [0.15, 0.2) is 9.84 Å². The summed E-state index contributed by atoms with van der Waals surface area (Å²) >= 11 is 0. The summed E-state index contributed by atoms with van der Waals surface area (Å²) in [6, 6.07) is 10.2. The van der Waals surface area contributed by atoms with Crippen LogP contribution in [0.4, 0.5) is 4.39 Å². The van der Waals surface area contributed by atoms with Gasteiger partial charge in [0.1, 0.15) is 11.6 Å². The van der Waals surface area contributed by atoms with Gasteiger partial charge in [0.2, 0.25) is 0 Å². The van der Waals surface area contributed by atoms with E-state index in [9.17, 15) is 17.6 Å². The van der Waals surface area contributed by atoms with Gasteiger partial charge in [-0.15, -0.1) is 0 Å². The molecular formula is C20H22FN3O4S. The molecule has 29 heavy (non-hydrogen) atoms. The zero-order chi connectivity index (χ0) is 21.0. The maximum Gasteiger partial charge on any atom is 0.251 e. The number of aryl methyl sites for hydroxylation is 1. The molecule has 0 saturated carbocycles. The van der Waals surface area contributed by atoms with E-state index in [1.807, 2.05) is 0 Å². The molecule has 7 nitrogen and oxygen atoms in total. The van der Waals surface area contributed by atoms with Crippen molar-refractivity contribution in [2.75, 3.05) is 26.0 Å². The Morgan fingerprint density at radius 2 is 1.93 bits per heavy atom. The number of carbonyl (C=O) groups is 1. The molecule has 3 rings (SSSR count). The lowest BCUT2D eigenvalue weighted by Crippen LogP contribution is -2.26. The van der Waals surface area contributed by atoms with Crippen molar-refractivity contribution in [1.29, 1.82) is 0 Å². The minimum absolute atomic E-state index is 0.111. The molecule has 0 fully saturated rings. The molecule has 0 radical (unpaired) electrons. The number of carbonyl (C=O) groups excluding carboxylic acids is 1. The van der Waals surface area contributed by atoms with Crippen LogP contribution >= 0.6 is 0 Å². The summed E-state index contributed by atoms with van der Waals surface area (Å²) in [7, 11) is -0.193. The molecule has 0 atom stereocenters. The Balaban J connectivity index is 1.60. The SMILES string of the molecule is COCCS(=O)(=O)c1ccc(C(=O)NCCc2nc3ccc(F)cc3n2C)cc1. The predicted molar refractivity (Wildman–Crippen MR) is 107 cm³/mol. The molecule has 3 aromatic rings. The molecule has 1 aromatic heterocycles. The highest BCUT2D eigenvalue weighted by Crippen LogP contribution is 2.16. The second kappa shape index (κ2) is 8.71. The molecule has 0 aliphatic rings. The molecule has 0 unspecified atom stereocenters. The third-order valence-corrected chi connectivity index (χ3v) is 6.30. The number of ether oxygens (including phenoxy) is 1. The fourth-order valence-corrected chi connectivity index (χ4v) is 4.12. The first kappa shape index (κ1) is 20.9. The summed E-state index contributed by atoms with van der Waals surface area (Å²) in [4.78, 5) is 16.9. The van der Waals surface area contributed by atoms with E-state index in [0.29, 0.717) is 29.6 Å². The minimum atomic E-state index is -3.43. The van der Waals surface area contributed by atoms with E-state index in [1.54, 1.807) is 17.7 Å². The zero-order valence-corrected chi connectivity index (χ0v) is 17.0. The number of amides is 1. The summed E-state index contributed by atoms with van der Waals surface area (Å²) in [6.45, 7) is 0.450. The number of hydrogen-bond donors (Lipinski definition) is 1. The molecule has 2 aromatic carbocycles. The summed E-state index contributed by atoms with van der Waals surface area (Å²) < 4.78 is 44.2. The number of nitrogens with one attached hydrogen (secondary N) is 1. The van der Waals surface area contributed by atoms with Crippen LogP contribution in [0.5, 0.6) is 0 Å². The Morgan fingerprint density at radius 1 is 1.21 bits per heavy atom. The highest BCUT2D eigenvalue weighted by atomic mass is 32.2. The minimum Gasteiger partial charge on any atom is -0.384 e. The van der Waals surface area contributed by atoms with Gasteiger partial charge in [-0.25, -0.2) is 17.8 Å². The number of rotatable bonds is 8. The molecule has 1 amide bonds. The number of fused-ring (bicyclic) bond motifs is 1. The molecule has 154 valence electrons. The number of hydrogen-bond acceptors (Lipinski definition) is 5. The van der Waals surface area contributed by atoms with Crippen LogP contribution in [0.15, 0.2) is 47.4 Å². The largest absolute Gasteiger partial charge is 0.384 e. The Labute approximate surface area is 168 Å². The van der Waals surface area contributed by atoms with Crippen LogP contribution in [0.25, 0.3) is 11.0 Å². The van der Waals surface area contributed by atoms with Crippen LogP contribution in [0.2, 0.25) is 0 Å². The predicted octanol–water partition coefficient (Wildman–Crippen LogP) is 2.10. The summed E-state index contributed by atoms with van der Waals surface area (Å²) in [5, 5.41) is 2.79. The van der Waals surface area contributed by atoms with Gasteiger partial charge in [0.25, 0.3) is 5.91 Å². The van der Waals surface area contributed by atoms with Crippen molar-refractivity contribution in [3.05, 3.63) is 59.7 Å². The molecule has 0 aliphatic carbocycles. The standard InChI is InChI=1S/C20H22FN3O4S/c1-24-18-13-15(21)5-8-17(18)23-19(24)9-10-22-20(25)14-3-6-16(7-4-14)29(26,27)12-11-28-2/h3-8,13H,9-12H2,1-2H3,(H,22,25). The van der Waals surface area contributed by atoms with Gasteiger partial charge in [-0.1, -0.05) is 0 Å². The molecule has 9 heteroatoms. The van der Waals surface area contributed by atoms with Crippen molar-refractivity contribution in [1.82, 2.24) is 14.9 Å². The zero-order valence-electron chi connectivity index (χ0n) is 16.2. The lowest BCUT2D eigenvalue weighted by atomic mass is 10.2. The third kappa shape index (κ3) is 4.80. The lowest BCUT2D eigenvalue weighted by Gasteiger charge is -2.07. The molecule has 0 saturated heterocycles. The van der Waals surface area contributed by atoms with Crippen molar-refractivity contribution in [2.45, 2.75) is 11.3 Å². The number of sulfone groups is 1. The van der Waals surface area contributed by atoms with Crippen molar-refractivity contribution in [3.8, 4) is 0 Å². The van der Waals surface area contributed by atoms with Gasteiger partial charge in [0.05, 0.1) is 28.3 Å².